The Morgan fingerprint density at radius 3 is 2.70 bits per heavy atom. The van der Waals surface area contributed by atoms with Gasteiger partial charge in [0, 0.05) is 30.7 Å². The number of hydrogen-bond donors (Lipinski definition) is 3. The average molecular weight is 388 g/mol. The summed E-state index contributed by atoms with van der Waals surface area (Å²) in [7, 11) is 0. The first kappa shape index (κ1) is 20.7. The Labute approximate surface area is 165 Å². The second kappa shape index (κ2) is 11.2. The number of aromatic nitrogens is 1. The van der Waals surface area contributed by atoms with Crippen LogP contribution in [0.25, 0.3) is 0 Å². The Bertz CT molecular complexity index is 761. The molecule has 0 aliphatic carbocycles. The van der Waals surface area contributed by atoms with Crippen molar-refractivity contribution in [3.8, 4) is 0 Å². The third kappa shape index (κ3) is 7.66. The molecule has 7 heteroatoms. The topological polar surface area (TPSA) is 78.4 Å². The highest BCUT2D eigenvalue weighted by atomic mass is 35.5. The second-order valence-electron chi connectivity index (χ2n) is 6.05. The normalized spacial score (nSPS) is 11.1. The number of benzene rings is 1. The molecule has 0 spiro atoms. The maximum atomic E-state index is 12.0. The fourth-order valence-electron chi connectivity index (χ4n) is 2.37. The van der Waals surface area contributed by atoms with Crippen molar-refractivity contribution >= 4 is 29.3 Å². The van der Waals surface area contributed by atoms with Crippen LogP contribution in [0.1, 0.15) is 24.5 Å². The first-order valence-corrected chi connectivity index (χ1v) is 9.44. The van der Waals surface area contributed by atoms with E-state index < -0.39 is 0 Å². The lowest BCUT2D eigenvalue weighted by atomic mass is 10.1. The van der Waals surface area contributed by atoms with Crippen molar-refractivity contribution in [3.05, 3.63) is 58.7 Å². The molecule has 0 aliphatic heterocycles. The van der Waals surface area contributed by atoms with Gasteiger partial charge in [-0.3, -0.25) is 9.79 Å². The molecule has 6 nitrogen and oxygen atoms in total. The molecule has 0 fully saturated rings. The molecule has 3 N–H and O–H groups in total. The van der Waals surface area contributed by atoms with E-state index in [0.29, 0.717) is 24.9 Å². The van der Waals surface area contributed by atoms with Crippen molar-refractivity contribution in [3.63, 3.8) is 0 Å². The summed E-state index contributed by atoms with van der Waals surface area (Å²) >= 11 is 6.17. The molecule has 0 atom stereocenters. The zero-order valence-corrected chi connectivity index (χ0v) is 16.5. The van der Waals surface area contributed by atoms with E-state index in [0.717, 1.165) is 29.1 Å². The lowest BCUT2D eigenvalue weighted by Gasteiger charge is -2.12. The number of halogens is 1. The van der Waals surface area contributed by atoms with Crippen molar-refractivity contribution < 1.29 is 4.79 Å². The number of guanidine groups is 1. The van der Waals surface area contributed by atoms with Crippen LogP contribution in [0, 0.1) is 6.92 Å². The fourth-order valence-corrected chi connectivity index (χ4v) is 2.61. The lowest BCUT2D eigenvalue weighted by Crippen LogP contribution is -2.38. The van der Waals surface area contributed by atoms with Gasteiger partial charge in [0.15, 0.2) is 5.96 Å². The van der Waals surface area contributed by atoms with E-state index >= 15 is 0 Å². The van der Waals surface area contributed by atoms with Crippen LogP contribution in [0.5, 0.6) is 0 Å². The second-order valence-corrected chi connectivity index (χ2v) is 6.46. The van der Waals surface area contributed by atoms with E-state index in [1.165, 1.54) is 0 Å². The number of carbonyl (C=O) groups is 1. The average Bonchev–Trinajstić information content (AvgIpc) is 2.65. The number of aliphatic imine (C=N–C) groups is 1. The van der Waals surface area contributed by atoms with Crippen LogP contribution in [-0.4, -0.2) is 36.5 Å². The standard InChI is InChI=1S/C20H26ClN5O/c1-3-22-20(23-12-10-16-6-4-5-7-17(16)21)24-13-11-19(27)26-18-9-8-15(2)14-25-18/h4-9,14H,3,10-13H2,1-2H3,(H2,22,23,24)(H,25,26,27). The highest BCUT2D eigenvalue weighted by Gasteiger charge is 2.04. The number of aryl methyl sites for hydroxylation is 1. The van der Waals surface area contributed by atoms with Crippen LogP contribution in [0.2, 0.25) is 5.02 Å². The van der Waals surface area contributed by atoms with Crippen molar-refractivity contribution in [2.45, 2.75) is 26.7 Å². The van der Waals surface area contributed by atoms with Crippen LogP contribution in [0.15, 0.2) is 47.6 Å². The Kier molecular flexibility index (Phi) is 8.58. The Morgan fingerprint density at radius 1 is 1.19 bits per heavy atom. The van der Waals surface area contributed by atoms with Gasteiger partial charge in [-0.25, -0.2) is 4.98 Å². The molecule has 0 unspecified atom stereocenters. The third-order valence-electron chi connectivity index (χ3n) is 3.78. The SMILES string of the molecule is CCNC(=NCCC(=O)Nc1ccc(C)cn1)NCCc1ccccc1Cl. The van der Waals surface area contributed by atoms with Gasteiger partial charge in [0.05, 0.1) is 6.54 Å². The van der Waals surface area contributed by atoms with Crippen molar-refractivity contribution in [1.82, 2.24) is 15.6 Å². The highest BCUT2D eigenvalue weighted by Crippen LogP contribution is 2.14. The number of carbonyl (C=O) groups excluding carboxylic acids is 1. The van der Waals surface area contributed by atoms with E-state index in [-0.39, 0.29) is 12.3 Å². The molecule has 0 bridgehead atoms. The largest absolute Gasteiger partial charge is 0.357 e. The minimum atomic E-state index is -0.109. The Hall–Kier alpha value is -2.60. The summed E-state index contributed by atoms with van der Waals surface area (Å²) in [6.07, 6.45) is 2.81. The summed E-state index contributed by atoms with van der Waals surface area (Å²) in [4.78, 5) is 20.6. The quantitative estimate of drug-likeness (QED) is 0.480. The molecule has 1 aromatic carbocycles. The lowest BCUT2D eigenvalue weighted by molar-refractivity contribution is -0.116. The van der Waals surface area contributed by atoms with Crippen molar-refractivity contribution in [2.24, 2.45) is 4.99 Å². The van der Waals surface area contributed by atoms with E-state index in [4.69, 9.17) is 11.6 Å². The summed E-state index contributed by atoms with van der Waals surface area (Å²) in [5.74, 6) is 1.13. The summed E-state index contributed by atoms with van der Waals surface area (Å²) in [5.41, 5.74) is 2.14. The smallest absolute Gasteiger partial charge is 0.227 e. The first-order valence-electron chi connectivity index (χ1n) is 9.06. The molecule has 0 saturated heterocycles. The van der Waals surface area contributed by atoms with Gasteiger partial charge in [-0.15, -0.1) is 0 Å². The molecular weight excluding hydrogens is 362 g/mol. The van der Waals surface area contributed by atoms with Gasteiger partial charge in [0.2, 0.25) is 5.91 Å². The number of hydrogen-bond acceptors (Lipinski definition) is 3. The minimum Gasteiger partial charge on any atom is -0.357 e. The number of nitrogens with one attached hydrogen (secondary N) is 3. The van der Waals surface area contributed by atoms with Gasteiger partial charge in [0.25, 0.3) is 0 Å². The Morgan fingerprint density at radius 2 is 2.00 bits per heavy atom. The molecule has 27 heavy (non-hydrogen) atoms. The predicted octanol–water partition coefficient (Wildman–Crippen LogP) is 3.17. The predicted molar refractivity (Wildman–Crippen MR) is 111 cm³/mol. The summed E-state index contributed by atoms with van der Waals surface area (Å²) < 4.78 is 0. The molecule has 0 aliphatic rings. The van der Waals surface area contributed by atoms with E-state index in [9.17, 15) is 4.79 Å². The zero-order chi connectivity index (χ0) is 19.5. The number of pyridine rings is 1. The first-order chi connectivity index (χ1) is 13.1. The minimum absolute atomic E-state index is 0.109. The summed E-state index contributed by atoms with van der Waals surface area (Å²) in [6, 6.07) is 11.5. The van der Waals surface area contributed by atoms with Crippen LogP contribution < -0.4 is 16.0 Å². The molecule has 2 rings (SSSR count). The van der Waals surface area contributed by atoms with Crippen LogP contribution in [0.4, 0.5) is 5.82 Å². The van der Waals surface area contributed by atoms with Crippen LogP contribution in [-0.2, 0) is 11.2 Å². The maximum Gasteiger partial charge on any atom is 0.227 e. The van der Waals surface area contributed by atoms with Gasteiger partial charge < -0.3 is 16.0 Å². The van der Waals surface area contributed by atoms with Crippen LogP contribution in [0.3, 0.4) is 0 Å². The highest BCUT2D eigenvalue weighted by molar-refractivity contribution is 6.31. The van der Waals surface area contributed by atoms with Crippen LogP contribution >= 0.6 is 11.6 Å². The molecule has 0 saturated carbocycles. The number of amides is 1. The Balaban J connectivity index is 1.77. The van der Waals surface area contributed by atoms with Gasteiger partial charge in [-0.1, -0.05) is 35.9 Å². The van der Waals surface area contributed by atoms with Crippen molar-refractivity contribution in [2.75, 3.05) is 25.0 Å². The molecule has 2 aromatic rings. The van der Waals surface area contributed by atoms with Crippen molar-refractivity contribution in [1.29, 1.82) is 0 Å². The molecule has 0 radical (unpaired) electrons. The maximum absolute atomic E-state index is 12.0. The molecule has 144 valence electrons. The zero-order valence-electron chi connectivity index (χ0n) is 15.8. The molecule has 1 heterocycles. The summed E-state index contributed by atoms with van der Waals surface area (Å²) in [6.45, 7) is 5.79. The molecule has 1 amide bonds. The van der Waals surface area contributed by atoms with Gasteiger partial charge in [-0.05, 0) is 43.5 Å². The fraction of sp³-hybridized carbons (Fsp3) is 0.350. The van der Waals surface area contributed by atoms with Gasteiger partial charge >= 0.3 is 0 Å². The number of rotatable bonds is 8. The monoisotopic (exact) mass is 387 g/mol. The van der Waals surface area contributed by atoms with Gasteiger partial charge in [-0.2, -0.15) is 0 Å². The number of anilines is 1. The summed E-state index contributed by atoms with van der Waals surface area (Å²) in [5, 5.41) is 9.97. The third-order valence-corrected chi connectivity index (χ3v) is 4.15. The van der Waals surface area contributed by atoms with E-state index in [1.807, 2.05) is 44.2 Å². The molecule has 1 aromatic heterocycles. The van der Waals surface area contributed by atoms with E-state index in [2.05, 4.69) is 25.9 Å². The van der Waals surface area contributed by atoms with E-state index in [1.54, 1.807) is 12.3 Å². The number of nitrogens with zero attached hydrogens (tertiary/aromatic N) is 2. The molecular formula is C20H26ClN5O. The van der Waals surface area contributed by atoms with Gasteiger partial charge in [0.1, 0.15) is 5.82 Å².